The van der Waals surface area contributed by atoms with Gasteiger partial charge in [-0.1, -0.05) is 0 Å². The van der Waals surface area contributed by atoms with Crippen LogP contribution in [0.3, 0.4) is 0 Å². The first-order valence-electron chi connectivity index (χ1n) is 9.92. The Balaban J connectivity index is 1.61. The van der Waals surface area contributed by atoms with E-state index in [1.165, 1.54) is 0 Å². The first kappa shape index (κ1) is 18.7. The average Bonchev–Trinajstić information content (AvgIpc) is 3.28. The molecule has 0 saturated heterocycles. The molecule has 0 fully saturated rings. The normalized spacial score (nSPS) is 14.8. The van der Waals surface area contributed by atoms with E-state index in [0.29, 0.717) is 36.1 Å². The van der Waals surface area contributed by atoms with Gasteiger partial charge in [0, 0.05) is 28.8 Å². The van der Waals surface area contributed by atoms with Gasteiger partial charge in [0.25, 0.3) is 0 Å². The molecule has 0 saturated carbocycles. The minimum atomic E-state index is -0.228. The molecule has 1 aliphatic carbocycles. The predicted molar refractivity (Wildman–Crippen MR) is 112 cm³/mol. The lowest BCUT2D eigenvalue weighted by Crippen LogP contribution is -2.32. The van der Waals surface area contributed by atoms with Crippen LogP contribution in [0.1, 0.15) is 23.1 Å². The topological polar surface area (TPSA) is 70.4 Å². The van der Waals surface area contributed by atoms with Gasteiger partial charge < -0.3 is 28.3 Å². The summed E-state index contributed by atoms with van der Waals surface area (Å²) in [4.78, 5) is 14.6. The SMILES string of the molecule is COc1cc(N2COc3ccc4c5c(c(=O)oc4c3C2)CCC5)cc(OC)c1OC. The number of nitrogens with zero attached hydrogens (tertiary/aromatic N) is 1. The fourth-order valence-corrected chi connectivity index (χ4v) is 4.47. The zero-order valence-corrected chi connectivity index (χ0v) is 17.2. The fraction of sp³-hybridized carbons (Fsp3) is 0.348. The van der Waals surface area contributed by atoms with Gasteiger partial charge in [0.1, 0.15) is 11.3 Å². The quantitative estimate of drug-likeness (QED) is 0.609. The molecule has 1 aromatic heterocycles. The molecule has 1 aliphatic heterocycles. The molecule has 0 unspecified atom stereocenters. The maximum Gasteiger partial charge on any atom is 0.339 e. The largest absolute Gasteiger partial charge is 0.493 e. The van der Waals surface area contributed by atoms with Crippen LogP contribution in [0.15, 0.2) is 33.5 Å². The smallest absolute Gasteiger partial charge is 0.339 e. The van der Waals surface area contributed by atoms with Crippen LogP contribution in [-0.4, -0.2) is 28.1 Å². The van der Waals surface area contributed by atoms with Crippen LogP contribution in [0, 0.1) is 0 Å². The summed E-state index contributed by atoms with van der Waals surface area (Å²) in [6, 6.07) is 7.75. The van der Waals surface area contributed by atoms with Crippen LogP contribution >= 0.6 is 0 Å². The molecule has 0 spiro atoms. The third-order valence-electron chi connectivity index (χ3n) is 5.94. The van der Waals surface area contributed by atoms with E-state index in [1.54, 1.807) is 21.3 Å². The van der Waals surface area contributed by atoms with Crippen LogP contribution in [0.2, 0.25) is 0 Å². The monoisotopic (exact) mass is 409 g/mol. The third kappa shape index (κ3) is 2.76. The van der Waals surface area contributed by atoms with Crippen molar-refractivity contribution in [3.63, 3.8) is 0 Å². The van der Waals surface area contributed by atoms with E-state index >= 15 is 0 Å². The number of hydrogen-bond acceptors (Lipinski definition) is 7. The number of benzene rings is 2. The lowest BCUT2D eigenvalue weighted by molar-refractivity contribution is 0.288. The van der Waals surface area contributed by atoms with E-state index in [0.717, 1.165) is 52.8 Å². The lowest BCUT2D eigenvalue weighted by Gasteiger charge is -2.31. The van der Waals surface area contributed by atoms with Crippen LogP contribution in [0.5, 0.6) is 23.0 Å². The molecule has 2 aromatic carbocycles. The van der Waals surface area contributed by atoms with Crippen molar-refractivity contribution >= 4 is 16.7 Å². The van der Waals surface area contributed by atoms with Gasteiger partial charge in [-0.05, 0) is 37.0 Å². The van der Waals surface area contributed by atoms with Crippen LogP contribution in [0.25, 0.3) is 11.0 Å². The van der Waals surface area contributed by atoms with Gasteiger partial charge in [0.2, 0.25) is 5.75 Å². The van der Waals surface area contributed by atoms with E-state index in [2.05, 4.69) is 0 Å². The van der Waals surface area contributed by atoms with Crippen molar-refractivity contribution in [1.82, 2.24) is 0 Å². The van der Waals surface area contributed by atoms with Gasteiger partial charge in [-0.25, -0.2) is 4.79 Å². The highest BCUT2D eigenvalue weighted by molar-refractivity contribution is 5.87. The number of ether oxygens (including phenoxy) is 4. The first-order chi connectivity index (χ1) is 14.6. The van der Waals surface area contributed by atoms with E-state index in [9.17, 15) is 4.79 Å². The highest BCUT2D eigenvalue weighted by atomic mass is 16.5. The third-order valence-corrected chi connectivity index (χ3v) is 5.94. The summed E-state index contributed by atoms with van der Waals surface area (Å²) >= 11 is 0. The maximum absolute atomic E-state index is 12.5. The highest BCUT2D eigenvalue weighted by Gasteiger charge is 2.27. The molecule has 2 heterocycles. The molecule has 2 aliphatic rings. The zero-order valence-electron chi connectivity index (χ0n) is 17.2. The predicted octanol–water partition coefficient (Wildman–Crippen LogP) is 3.66. The molecule has 0 atom stereocenters. The molecule has 30 heavy (non-hydrogen) atoms. The second-order valence-corrected chi connectivity index (χ2v) is 7.47. The Morgan fingerprint density at radius 3 is 2.37 bits per heavy atom. The van der Waals surface area contributed by atoms with Crippen molar-refractivity contribution < 1.29 is 23.4 Å². The molecule has 0 amide bonds. The van der Waals surface area contributed by atoms with Crippen LogP contribution in [0.4, 0.5) is 5.69 Å². The summed E-state index contributed by atoms with van der Waals surface area (Å²) in [6.45, 7) is 0.888. The van der Waals surface area contributed by atoms with Crippen molar-refractivity contribution in [3.8, 4) is 23.0 Å². The summed E-state index contributed by atoms with van der Waals surface area (Å²) in [5.74, 6) is 2.42. The molecule has 7 nitrogen and oxygen atoms in total. The van der Waals surface area contributed by atoms with Gasteiger partial charge in [0.05, 0.1) is 33.4 Å². The maximum atomic E-state index is 12.5. The molecule has 5 rings (SSSR count). The number of rotatable bonds is 4. The second-order valence-electron chi connectivity index (χ2n) is 7.47. The Morgan fingerprint density at radius 2 is 1.67 bits per heavy atom. The summed E-state index contributed by atoms with van der Waals surface area (Å²) < 4.78 is 28.2. The molecular weight excluding hydrogens is 386 g/mol. The lowest BCUT2D eigenvalue weighted by atomic mass is 10.0. The number of aryl methyl sites for hydroxylation is 1. The molecule has 0 radical (unpaired) electrons. The van der Waals surface area contributed by atoms with Crippen LogP contribution in [-0.2, 0) is 19.4 Å². The Labute approximate surface area is 173 Å². The standard InChI is InChI=1S/C23H23NO6/c1-26-19-9-13(10-20(27-2)22(19)28-3)24-11-17-18(29-12-24)8-7-15-14-5-4-6-16(14)23(25)30-21(15)17/h7-10H,4-6,11-12H2,1-3H3. The van der Waals surface area contributed by atoms with Crippen molar-refractivity contribution in [1.29, 1.82) is 0 Å². The Kier molecular flexibility index (Phi) is 4.46. The highest BCUT2D eigenvalue weighted by Crippen LogP contribution is 2.43. The van der Waals surface area contributed by atoms with E-state index < -0.39 is 0 Å². The summed E-state index contributed by atoms with van der Waals surface area (Å²) in [5.41, 5.74) is 4.06. The van der Waals surface area contributed by atoms with Crippen LogP contribution < -0.4 is 29.5 Å². The molecule has 156 valence electrons. The Hall–Kier alpha value is -3.35. The van der Waals surface area contributed by atoms with Gasteiger partial charge in [-0.2, -0.15) is 0 Å². The Morgan fingerprint density at radius 1 is 0.933 bits per heavy atom. The first-order valence-corrected chi connectivity index (χ1v) is 9.92. The van der Waals surface area contributed by atoms with Crippen molar-refractivity contribution in [2.45, 2.75) is 25.8 Å². The number of methoxy groups -OCH3 is 3. The summed E-state index contributed by atoms with van der Waals surface area (Å²) in [5, 5.41) is 1.01. The molecule has 7 heteroatoms. The zero-order chi connectivity index (χ0) is 20.8. The molecule has 0 bridgehead atoms. The van der Waals surface area contributed by atoms with Crippen molar-refractivity contribution in [3.05, 3.63) is 51.4 Å². The summed E-state index contributed by atoms with van der Waals surface area (Å²) in [6.07, 6.45) is 2.69. The minimum Gasteiger partial charge on any atom is -0.493 e. The van der Waals surface area contributed by atoms with Gasteiger partial charge in [-0.3, -0.25) is 0 Å². The second kappa shape index (κ2) is 7.16. The summed E-state index contributed by atoms with van der Waals surface area (Å²) in [7, 11) is 4.75. The number of fused-ring (bicyclic) bond motifs is 5. The van der Waals surface area contributed by atoms with Gasteiger partial charge >= 0.3 is 5.63 Å². The number of anilines is 1. The van der Waals surface area contributed by atoms with Gasteiger partial charge in [0.15, 0.2) is 18.2 Å². The molecular formula is C23H23NO6. The van der Waals surface area contributed by atoms with Crippen molar-refractivity contribution in [2.75, 3.05) is 33.0 Å². The fourth-order valence-electron chi connectivity index (χ4n) is 4.47. The van der Waals surface area contributed by atoms with Crippen molar-refractivity contribution in [2.24, 2.45) is 0 Å². The number of hydrogen-bond donors (Lipinski definition) is 0. The van der Waals surface area contributed by atoms with E-state index in [1.807, 2.05) is 29.2 Å². The Bertz CT molecular complexity index is 1170. The van der Waals surface area contributed by atoms with E-state index in [-0.39, 0.29) is 5.63 Å². The van der Waals surface area contributed by atoms with Gasteiger partial charge in [-0.15, -0.1) is 0 Å². The molecule has 3 aromatic rings. The molecule has 0 N–H and O–H groups in total. The average molecular weight is 409 g/mol. The van der Waals surface area contributed by atoms with E-state index in [4.69, 9.17) is 23.4 Å². The minimum absolute atomic E-state index is 0.228.